The van der Waals surface area contributed by atoms with Crippen molar-refractivity contribution in [2.45, 2.75) is 30.4 Å². The van der Waals surface area contributed by atoms with E-state index in [-0.39, 0.29) is 12.1 Å². The van der Waals surface area contributed by atoms with Crippen LogP contribution in [0.4, 0.5) is 5.69 Å². The molecule has 2 unspecified atom stereocenters. The summed E-state index contributed by atoms with van der Waals surface area (Å²) in [6, 6.07) is 15.2. The lowest BCUT2D eigenvalue weighted by atomic mass is 9.96. The van der Waals surface area contributed by atoms with Crippen LogP contribution in [0.15, 0.2) is 53.4 Å². The normalized spacial score (nSPS) is 19.3. The lowest BCUT2D eigenvalue weighted by Gasteiger charge is -2.38. The topological polar surface area (TPSA) is 57.6 Å². The predicted octanol–water partition coefficient (Wildman–Crippen LogP) is 2.57. The van der Waals surface area contributed by atoms with Gasteiger partial charge >= 0.3 is 0 Å². The van der Waals surface area contributed by atoms with E-state index in [0.717, 1.165) is 16.8 Å². The number of rotatable bonds is 3. The van der Waals surface area contributed by atoms with Crippen LogP contribution in [0.5, 0.6) is 0 Å². The minimum absolute atomic E-state index is 0.0553. The Labute approximate surface area is 137 Å². The molecule has 0 amide bonds. The number of aliphatic hydroxyl groups excluding tert-OH is 1. The van der Waals surface area contributed by atoms with Crippen molar-refractivity contribution < 1.29 is 13.5 Å². The van der Waals surface area contributed by atoms with Gasteiger partial charge in [0.15, 0.2) is 9.84 Å². The van der Waals surface area contributed by atoms with Crippen molar-refractivity contribution in [3.8, 4) is 0 Å². The molecule has 23 heavy (non-hydrogen) atoms. The average molecular weight is 331 g/mol. The zero-order valence-corrected chi connectivity index (χ0v) is 14.1. The van der Waals surface area contributed by atoms with E-state index in [1.807, 2.05) is 30.3 Å². The van der Waals surface area contributed by atoms with Crippen LogP contribution in [0, 0.1) is 0 Å². The van der Waals surface area contributed by atoms with Gasteiger partial charge in [-0.2, -0.15) is 0 Å². The average Bonchev–Trinajstić information content (AvgIpc) is 2.52. The molecule has 2 aromatic rings. The van der Waals surface area contributed by atoms with Crippen molar-refractivity contribution in [3.63, 3.8) is 0 Å². The van der Waals surface area contributed by atoms with E-state index in [0.29, 0.717) is 17.9 Å². The van der Waals surface area contributed by atoms with Gasteiger partial charge in [-0.3, -0.25) is 0 Å². The van der Waals surface area contributed by atoms with E-state index in [4.69, 9.17) is 0 Å². The third-order valence-corrected chi connectivity index (χ3v) is 5.55. The van der Waals surface area contributed by atoms with Crippen LogP contribution < -0.4 is 4.90 Å². The van der Waals surface area contributed by atoms with Crippen LogP contribution >= 0.6 is 0 Å². The van der Waals surface area contributed by atoms with Gasteiger partial charge in [0.25, 0.3) is 0 Å². The van der Waals surface area contributed by atoms with Crippen LogP contribution in [-0.4, -0.2) is 32.4 Å². The molecule has 0 aliphatic carbocycles. The fraction of sp³-hybridized carbons (Fsp3) is 0.333. The second kappa shape index (κ2) is 5.98. The fourth-order valence-corrected chi connectivity index (χ4v) is 3.78. The highest BCUT2D eigenvalue weighted by Gasteiger charge is 2.26. The van der Waals surface area contributed by atoms with Gasteiger partial charge in [-0.05, 0) is 36.2 Å². The van der Waals surface area contributed by atoms with Crippen LogP contribution in [-0.2, 0) is 16.3 Å². The second-order valence-electron chi connectivity index (χ2n) is 6.16. The standard InChI is InChI=1S/C18H21NO3S/c1-13(14-7-9-17(10-8-14)23(2,21)22)19-12-16(20)11-15-5-3-4-6-18(15)19/h3-10,13,16,20H,11-12H2,1-2H3. The summed E-state index contributed by atoms with van der Waals surface area (Å²) in [7, 11) is -3.18. The molecule has 122 valence electrons. The molecule has 1 heterocycles. The Bertz CT molecular complexity index is 799. The molecule has 0 radical (unpaired) electrons. The second-order valence-corrected chi connectivity index (χ2v) is 8.17. The summed E-state index contributed by atoms with van der Waals surface area (Å²) in [5.41, 5.74) is 3.31. The summed E-state index contributed by atoms with van der Waals surface area (Å²) in [4.78, 5) is 2.51. The largest absolute Gasteiger partial charge is 0.391 e. The molecule has 4 nitrogen and oxygen atoms in total. The van der Waals surface area contributed by atoms with Crippen molar-refractivity contribution >= 4 is 15.5 Å². The smallest absolute Gasteiger partial charge is 0.175 e. The maximum atomic E-state index is 11.6. The molecule has 0 fully saturated rings. The molecule has 1 aliphatic rings. The van der Waals surface area contributed by atoms with Crippen molar-refractivity contribution in [1.29, 1.82) is 0 Å². The number of β-amino-alcohol motifs (C(OH)–C–C–N with tert-alkyl or cyclic N) is 1. The fourth-order valence-electron chi connectivity index (χ4n) is 3.15. The molecular formula is C18H21NO3S. The number of fused-ring (bicyclic) bond motifs is 1. The van der Waals surface area contributed by atoms with Gasteiger partial charge in [0.2, 0.25) is 0 Å². The highest BCUT2D eigenvalue weighted by atomic mass is 32.2. The number of benzene rings is 2. The maximum Gasteiger partial charge on any atom is 0.175 e. The third kappa shape index (κ3) is 3.26. The summed E-state index contributed by atoms with van der Waals surface area (Å²) in [5.74, 6) is 0. The van der Waals surface area contributed by atoms with Gasteiger partial charge in [0, 0.05) is 24.9 Å². The van der Waals surface area contributed by atoms with E-state index >= 15 is 0 Å². The van der Waals surface area contributed by atoms with Gasteiger partial charge in [0.05, 0.1) is 17.0 Å². The van der Waals surface area contributed by atoms with E-state index < -0.39 is 9.84 Å². The van der Waals surface area contributed by atoms with Gasteiger partial charge < -0.3 is 10.0 Å². The lowest BCUT2D eigenvalue weighted by molar-refractivity contribution is 0.172. The monoisotopic (exact) mass is 331 g/mol. The van der Waals surface area contributed by atoms with Crippen molar-refractivity contribution in [2.75, 3.05) is 17.7 Å². The van der Waals surface area contributed by atoms with E-state index in [9.17, 15) is 13.5 Å². The number of hydrogen-bond acceptors (Lipinski definition) is 4. The molecule has 1 aliphatic heterocycles. The molecule has 2 atom stereocenters. The number of aliphatic hydroxyl groups is 1. The van der Waals surface area contributed by atoms with Crippen molar-refractivity contribution in [2.24, 2.45) is 0 Å². The summed E-state index contributed by atoms with van der Waals surface area (Å²) in [6.07, 6.45) is 1.50. The third-order valence-electron chi connectivity index (χ3n) is 4.42. The van der Waals surface area contributed by atoms with E-state index in [1.165, 1.54) is 6.26 Å². The SMILES string of the molecule is CC(c1ccc(S(C)(=O)=O)cc1)N1CC(O)Cc2ccccc21. The summed E-state index contributed by atoms with van der Waals surface area (Å²) in [5, 5.41) is 10.2. The van der Waals surface area contributed by atoms with Gasteiger partial charge in [0.1, 0.15) is 0 Å². The molecule has 1 N–H and O–H groups in total. The van der Waals surface area contributed by atoms with Crippen molar-refractivity contribution in [3.05, 3.63) is 59.7 Å². The predicted molar refractivity (Wildman–Crippen MR) is 91.5 cm³/mol. The van der Waals surface area contributed by atoms with Gasteiger partial charge in [-0.25, -0.2) is 8.42 Å². The summed E-state index contributed by atoms with van der Waals surface area (Å²) in [6.45, 7) is 2.65. The Hall–Kier alpha value is -1.85. The van der Waals surface area contributed by atoms with Crippen molar-refractivity contribution in [1.82, 2.24) is 0 Å². The van der Waals surface area contributed by atoms with Crippen LogP contribution in [0.3, 0.4) is 0 Å². The number of nitrogens with zero attached hydrogens (tertiary/aromatic N) is 1. The number of sulfone groups is 1. The highest BCUT2D eigenvalue weighted by Crippen LogP contribution is 2.34. The Morgan fingerprint density at radius 1 is 1.13 bits per heavy atom. The molecule has 0 spiro atoms. The van der Waals surface area contributed by atoms with Crippen LogP contribution in [0.25, 0.3) is 0 Å². The first-order valence-electron chi connectivity index (χ1n) is 7.69. The zero-order chi connectivity index (χ0) is 16.6. The highest BCUT2D eigenvalue weighted by molar-refractivity contribution is 7.90. The lowest BCUT2D eigenvalue weighted by Crippen LogP contribution is -2.40. The number of para-hydroxylation sites is 1. The Balaban J connectivity index is 1.93. The zero-order valence-electron chi connectivity index (χ0n) is 13.3. The van der Waals surface area contributed by atoms with Crippen LogP contribution in [0.2, 0.25) is 0 Å². The van der Waals surface area contributed by atoms with E-state index in [2.05, 4.69) is 17.9 Å². The molecule has 0 saturated carbocycles. The number of hydrogen-bond donors (Lipinski definition) is 1. The molecule has 5 heteroatoms. The molecule has 0 bridgehead atoms. The minimum Gasteiger partial charge on any atom is -0.391 e. The first-order chi connectivity index (χ1) is 10.9. The molecule has 0 saturated heterocycles. The summed E-state index contributed by atoms with van der Waals surface area (Å²) < 4.78 is 23.2. The minimum atomic E-state index is -3.18. The number of anilines is 1. The molecule has 2 aromatic carbocycles. The summed E-state index contributed by atoms with van der Waals surface area (Å²) >= 11 is 0. The Morgan fingerprint density at radius 3 is 2.43 bits per heavy atom. The first-order valence-corrected chi connectivity index (χ1v) is 9.58. The first kappa shape index (κ1) is 16.0. The maximum absolute atomic E-state index is 11.6. The molecule has 3 rings (SSSR count). The molecular weight excluding hydrogens is 310 g/mol. The Morgan fingerprint density at radius 2 is 1.78 bits per heavy atom. The van der Waals surface area contributed by atoms with Crippen LogP contribution in [0.1, 0.15) is 24.1 Å². The van der Waals surface area contributed by atoms with Gasteiger partial charge in [-0.1, -0.05) is 30.3 Å². The van der Waals surface area contributed by atoms with Gasteiger partial charge in [-0.15, -0.1) is 0 Å². The quantitative estimate of drug-likeness (QED) is 0.939. The Kier molecular flexibility index (Phi) is 4.17. The van der Waals surface area contributed by atoms with E-state index in [1.54, 1.807) is 12.1 Å². The molecule has 0 aromatic heterocycles.